The Bertz CT molecular complexity index is 151. The van der Waals surface area contributed by atoms with E-state index in [9.17, 15) is 5.11 Å². The van der Waals surface area contributed by atoms with Crippen molar-refractivity contribution in [2.75, 3.05) is 26.8 Å². The van der Waals surface area contributed by atoms with Crippen LogP contribution in [-0.2, 0) is 4.74 Å². The molecule has 16 heavy (non-hydrogen) atoms. The number of aliphatic hydroxyl groups is 1. The molecule has 1 unspecified atom stereocenters. The van der Waals surface area contributed by atoms with E-state index >= 15 is 0 Å². The van der Waals surface area contributed by atoms with Gasteiger partial charge in [0.05, 0.1) is 0 Å². The maximum atomic E-state index is 9.75. The Balaban J connectivity index is 3.31. The predicted octanol–water partition coefficient (Wildman–Crippen LogP) is 2.49. The van der Waals surface area contributed by atoms with E-state index in [1.807, 2.05) is 25.8 Å². The van der Waals surface area contributed by atoms with E-state index in [0.717, 1.165) is 26.2 Å². The van der Waals surface area contributed by atoms with Gasteiger partial charge >= 0.3 is 0 Å². The third-order valence-corrected chi connectivity index (χ3v) is 2.74. The molecule has 1 N–H and O–H groups in total. The minimum Gasteiger partial charge on any atom is -0.381 e. The lowest BCUT2D eigenvalue weighted by molar-refractivity contribution is -0.0178. The molecule has 0 saturated heterocycles. The van der Waals surface area contributed by atoms with Crippen molar-refractivity contribution < 1.29 is 9.84 Å². The molecule has 0 aliphatic heterocycles. The van der Waals surface area contributed by atoms with Crippen LogP contribution in [0.5, 0.6) is 0 Å². The second-order valence-corrected chi connectivity index (χ2v) is 4.81. The number of nitrogens with zero attached hydrogens (tertiary/aromatic N) is 1. The first-order chi connectivity index (χ1) is 7.59. The SMILES string of the molecule is CCCCCOCCCN(C)C(O)C(C)C. The summed E-state index contributed by atoms with van der Waals surface area (Å²) in [7, 11) is 1.96. The van der Waals surface area contributed by atoms with E-state index in [2.05, 4.69) is 6.92 Å². The first-order valence-corrected chi connectivity index (χ1v) is 6.55. The van der Waals surface area contributed by atoms with Crippen molar-refractivity contribution in [1.29, 1.82) is 0 Å². The molecule has 0 radical (unpaired) electrons. The molecule has 0 amide bonds. The van der Waals surface area contributed by atoms with Gasteiger partial charge in [0, 0.05) is 19.8 Å². The van der Waals surface area contributed by atoms with Crippen molar-refractivity contribution in [2.24, 2.45) is 5.92 Å². The number of rotatable bonds is 10. The van der Waals surface area contributed by atoms with Crippen molar-refractivity contribution >= 4 is 0 Å². The van der Waals surface area contributed by atoms with Crippen LogP contribution in [-0.4, -0.2) is 43.0 Å². The Kier molecular flexibility index (Phi) is 9.99. The second kappa shape index (κ2) is 10.1. The molecule has 1 atom stereocenters. The minimum atomic E-state index is -0.333. The lowest BCUT2D eigenvalue weighted by atomic mass is 10.2. The highest BCUT2D eigenvalue weighted by Crippen LogP contribution is 2.05. The Hall–Kier alpha value is -0.120. The zero-order chi connectivity index (χ0) is 12.4. The Morgan fingerprint density at radius 1 is 1.12 bits per heavy atom. The predicted molar refractivity (Wildman–Crippen MR) is 68.4 cm³/mol. The minimum absolute atomic E-state index is 0.287. The van der Waals surface area contributed by atoms with Crippen molar-refractivity contribution in [3.8, 4) is 0 Å². The smallest absolute Gasteiger partial charge is 0.109 e. The third-order valence-electron chi connectivity index (χ3n) is 2.74. The van der Waals surface area contributed by atoms with Gasteiger partial charge < -0.3 is 9.84 Å². The number of aliphatic hydroxyl groups excluding tert-OH is 1. The molecule has 0 aliphatic carbocycles. The molecule has 3 nitrogen and oxygen atoms in total. The standard InChI is InChI=1S/C13H29NO2/c1-5-6-7-10-16-11-8-9-14(4)13(15)12(2)3/h12-13,15H,5-11H2,1-4H3. The van der Waals surface area contributed by atoms with Crippen LogP contribution in [0.1, 0.15) is 46.5 Å². The van der Waals surface area contributed by atoms with Crippen molar-refractivity contribution in [2.45, 2.75) is 52.7 Å². The van der Waals surface area contributed by atoms with Crippen LogP contribution in [0, 0.1) is 5.92 Å². The number of ether oxygens (including phenoxy) is 1. The quantitative estimate of drug-likeness (QED) is 0.463. The summed E-state index contributed by atoms with van der Waals surface area (Å²) in [5.74, 6) is 0.287. The molecule has 98 valence electrons. The highest BCUT2D eigenvalue weighted by atomic mass is 16.5. The maximum absolute atomic E-state index is 9.75. The topological polar surface area (TPSA) is 32.7 Å². The average Bonchev–Trinajstić information content (AvgIpc) is 2.26. The summed E-state index contributed by atoms with van der Waals surface area (Å²) in [6, 6.07) is 0. The molecule has 0 heterocycles. The number of unbranched alkanes of at least 4 members (excludes halogenated alkanes) is 2. The van der Waals surface area contributed by atoms with Gasteiger partial charge in [-0.05, 0) is 25.8 Å². The van der Waals surface area contributed by atoms with Gasteiger partial charge in [-0.2, -0.15) is 0 Å². The lowest BCUT2D eigenvalue weighted by Crippen LogP contribution is -2.36. The zero-order valence-corrected chi connectivity index (χ0v) is 11.4. The molecule has 0 aromatic heterocycles. The van der Waals surface area contributed by atoms with Crippen LogP contribution in [0.4, 0.5) is 0 Å². The summed E-state index contributed by atoms with van der Waals surface area (Å²) in [5, 5.41) is 9.75. The van der Waals surface area contributed by atoms with Crippen LogP contribution < -0.4 is 0 Å². The van der Waals surface area contributed by atoms with Gasteiger partial charge in [-0.3, -0.25) is 4.90 Å². The summed E-state index contributed by atoms with van der Waals surface area (Å²) in [5.41, 5.74) is 0. The van der Waals surface area contributed by atoms with Gasteiger partial charge in [0.1, 0.15) is 6.23 Å². The molecule has 0 aromatic carbocycles. The molecule has 0 spiro atoms. The Morgan fingerprint density at radius 3 is 2.31 bits per heavy atom. The van der Waals surface area contributed by atoms with Gasteiger partial charge in [0.25, 0.3) is 0 Å². The van der Waals surface area contributed by atoms with Gasteiger partial charge in [0.2, 0.25) is 0 Å². The zero-order valence-electron chi connectivity index (χ0n) is 11.4. The third kappa shape index (κ3) is 8.08. The fourth-order valence-electron chi connectivity index (χ4n) is 1.61. The first-order valence-electron chi connectivity index (χ1n) is 6.55. The van der Waals surface area contributed by atoms with Gasteiger partial charge in [-0.15, -0.1) is 0 Å². The largest absolute Gasteiger partial charge is 0.381 e. The van der Waals surface area contributed by atoms with Gasteiger partial charge in [-0.25, -0.2) is 0 Å². The monoisotopic (exact) mass is 231 g/mol. The van der Waals surface area contributed by atoms with Gasteiger partial charge in [0.15, 0.2) is 0 Å². The molecule has 0 aliphatic rings. The number of hydrogen-bond acceptors (Lipinski definition) is 3. The van der Waals surface area contributed by atoms with Crippen LogP contribution >= 0.6 is 0 Å². The fourth-order valence-corrected chi connectivity index (χ4v) is 1.61. The molecule has 0 saturated carbocycles. The second-order valence-electron chi connectivity index (χ2n) is 4.81. The first kappa shape index (κ1) is 15.9. The van der Waals surface area contributed by atoms with Crippen molar-refractivity contribution in [1.82, 2.24) is 4.90 Å². The van der Waals surface area contributed by atoms with Crippen molar-refractivity contribution in [3.05, 3.63) is 0 Å². The maximum Gasteiger partial charge on any atom is 0.109 e. The molecular weight excluding hydrogens is 202 g/mol. The summed E-state index contributed by atoms with van der Waals surface area (Å²) in [6.07, 6.45) is 4.33. The molecular formula is C13H29NO2. The van der Waals surface area contributed by atoms with E-state index in [0.29, 0.717) is 0 Å². The molecule has 0 fully saturated rings. The highest BCUT2D eigenvalue weighted by molar-refractivity contribution is 4.60. The van der Waals surface area contributed by atoms with Crippen LogP contribution in [0.15, 0.2) is 0 Å². The van der Waals surface area contributed by atoms with Crippen LogP contribution in [0.25, 0.3) is 0 Å². The molecule has 0 bridgehead atoms. The Labute approximate surface area is 101 Å². The van der Waals surface area contributed by atoms with Crippen LogP contribution in [0.2, 0.25) is 0 Å². The number of hydrogen-bond donors (Lipinski definition) is 1. The van der Waals surface area contributed by atoms with E-state index < -0.39 is 0 Å². The Morgan fingerprint density at radius 2 is 1.75 bits per heavy atom. The van der Waals surface area contributed by atoms with E-state index in [1.165, 1.54) is 19.3 Å². The molecule has 0 rings (SSSR count). The van der Waals surface area contributed by atoms with E-state index in [4.69, 9.17) is 4.74 Å². The van der Waals surface area contributed by atoms with E-state index in [1.54, 1.807) is 0 Å². The summed E-state index contributed by atoms with van der Waals surface area (Å²) in [6.45, 7) is 8.84. The van der Waals surface area contributed by atoms with E-state index in [-0.39, 0.29) is 12.1 Å². The summed E-state index contributed by atoms with van der Waals surface area (Å²) < 4.78 is 5.52. The fraction of sp³-hybridized carbons (Fsp3) is 1.00. The molecule has 0 aromatic rings. The van der Waals surface area contributed by atoms with Crippen LogP contribution in [0.3, 0.4) is 0 Å². The summed E-state index contributed by atoms with van der Waals surface area (Å²) in [4.78, 5) is 1.99. The van der Waals surface area contributed by atoms with Crippen molar-refractivity contribution in [3.63, 3.8) is 0 Å². The average molecular weight is 231 g/mol. The summed E-state index contributed by atoms with van der Waals surface area (Å²) >= 11 is 0. The highest BCUT2D eigenvalue weighted by Gasteiger charge is 2.13. The lowest BCUT2D eigenvalue weighted by Gasteiger charge is -2.26. The molecule has 3 heteroatoms. The van der Waals surface area contributed by atoms with Gasteiger partial charge in [-0.1, -0.05) is 33.6 Å². The normalized spacial score (nSPS) is 13.7.